The van der Waals surface area contributed by atoms with Gasteiger partial charge in [0.25, 0.3) is 0 Å². The van der Waals surface area contributed by atoms with Gasteiger partial charge in [-0.1, -0.05) is 20.8 Å². The van der Waals surface area contributed by atoms with Gasteiger partial charge in [0.2, 0.25) is 11.8 Å². The topological polar surface area (TPSA) is 86.7 Å². The van der Waals surface area contributed by atoms with Crippen molar-refractivity contribution in [3.05, 3.63) is 11.0 Å². The fourth-order valence-electron chi connectivity index (χ4n) is 2.17. The third-order valence-electron chi connectivity index (χ3n) is 3.38. The first-order valence-electron chi connectivity index (χ1n) is 6.32. The summed E-state index contributed by atoms with van der Waals surface area (Å²) in [7, 11) is 0. The minimum Gasteiger partial charge on any atom is -0.479 e. The van der Waals surface area contributed by atoms with Crippen LogP contribution in [0, 0.1) is 5.41 Å². The second kappa shape index (κ2) is 4.80. The predicted molar refractivity (Wildman–Crippen MR) is 74.8 cm³/mol. The monoisotopic (exact) mass is 298 g/mol. The van der Waals surface area contributed by atoms with E-state index in [0.717, 1.165) is 0 Å². The van der Waals surface area contributed by atoms with Crippen molar-refractivity contribution in [3.8, 4) is 0 Å². The van der Waals surface area contributed by atoms with E-state index in [-0.39, 0.29) is 17.2 Å². The SMILES string of the molecule is CC1=CS[C@@H]2[C@H](NC(=O)C(C)(C)C)C(=O)N2C1C(=O)O. The van der Waals surface area contributed by atoms with Crippen LogP contribution in [0.1, 0.15) is 27.7 Å². The van der Waals surface area contributed by atoms with E-state index in [0.29, 0.717) is 5.57 Å². The Morgan fingerprint density at radius 3 is 2.50 bits per heavy atom. The summed E-state index contributed by atoms with van der Waals surface area (Å²) in [6, 6.07) is -1.56. The number of carbonyl (C=O) groups excluding carboxylic acids is 2. The zero-order chi connectivity index (χ0) is 15.2. The third-order valence-corrected chi connectivity index (χ3v) is 4.67. The first-order chi connectivity index (χ1) is 9.14. The van der Waals surface area contributed by atoms with Crippen LogP contribution in [0.25, 0.3) is 0 Å². The normalized spacial score (nSPS) is 29.2. The van der Waals surface area contributed by atoms with Crippen molar-refractivity contribution >= 4 is 29.5 Å². The van der Waals surface area contributed by atoms with Crippen molar-refractivity contribution in [1.29, 1.82) is 0 Å². The van der Waals surface area contributed by atoms with E-state index in [4.69, 9.17) is 0 Å². The molecule has 20 heavy (non-hydrogen) atoms. The van der Waals surface area contributed by atoms with Gasteiger partial charge in [0.05, 0.1) is 0 Å². The van der Waals surface area contributed by atoms with Crippen LogP contribution in [0.15, 0.2) is 11.0 Å². The summed E-state index contributed by atoms with van der Waals surface area (Å²) < 4.78 is 0. The highest BCUT2D eigenvalue weighted by molar-refractivity contribution is 8.02. The van der Waals surface area contributed by atoms with Gasteiger partial charge in [0.1, 0.15) is 11.4 Å². The molecule has 0 aromatic rings. The van der Waals surface area contributed by atoms with Crippen LogP contribution in [0.2, 0.25) is 0 Å². The van der Waals surface area contributed by atoms with Crippen LogP contribution in [-0.4, -0.2) is 45.2 Å². The lowest BCUT2D eigenvalue weighted by Gasteiger charge is -2.51. The van der Waals surface area contributed by atoms with Crippen LogP contribution < -0.4 is 5.32 Å². The lowest BCUT2D eigenvalue weighted by atomic mass is 9.93. The number of hydrogen-bond acceptors (Lipinski definition) is 4. The zero-order valence-electron chi connectivity index (χ0n) is 11.8. The molecule has 0 bridgehead atoms. The van der Waals surface area contributed by atoms with Crippen molar-refractivity contribution in [2.45, 2.75) is 45.2 Å². The minimum absolute atomic E-state index is 0.214. The van der Waals surface area contributed by atoms with Gasteiger partial charge in [-0.05, 0) is 17.9 Å². The predicted octanol–water partition coefficient (Wildman–Crippen LogP) is 0.789. The Labute approximate surface area is 121 Å². The average molecular weight is 298 g/mol. The van der Waals surface area contributed by atoms with Gasteiger partial charge in [-0.2, -0.15) is 0 Å². The summed E-state index contributed by atoms with van der Waals surface area (Å²) >= 11 is 1.37. The number of fused-ring (bicyclic) bond motifs is 1. The Morgan fingerprint density at radius 2 is 2.00 bits per heavy atom. The number of rotatable bonds is 2. The number of carboxylic acids is 1. The molecular formula is C13H18N2O4S. The molecule has 2 amide bonds. The first kappa shape index (κ1) is 14.9. The molecule has 0 spiro atoms. The van der Waals surface area contributed by atoms with Crippen LogP contribution >= 0.6 is 11.8 Å². The quantitative estimate of drug-likeness (QED) is 0.736. The molecule has 2 rings (SSSR count). The molecule has 110 valence electrons. The second-order valence-electron chi connectivity index (χ2n) is 6.08. The van der Waals surface area contributed by atoms with Gasteiger partial charge >= 0.3 is 5.97 Å². The number of hydrogen-bond donors (Lipinski definition) is 2. The van der Waals surface area contributed by atoms with E-state index >= 15 is 0 Å². The molecule has 7 heteroatoms. The molecule has 3 atom stereocenters. The van der Waals surface area contributed by atoms with E-state index in [1.165, 1.54) is 16.7 Å². The number of nitrogens with one attached hydrogen (secondary N) is 1. The molecule has 1 fully saturated rings. The van der Waals surface area contributed by atoms with Gasteiger partial charge in [0.15, 0.2) is 6.04 Å². The molecule has 0 saturated carbocycles. The molecule has 2 aliphatic heterocycles. The van der Waals surface area contributed by atoms with Crippen LogP contribution in [0.5, 0.6) is 0 Å². The summed E-state index contributed by atoms with van der Waals surface area (Å²) in [5, 5.41) is 13.3. The Hall–Kier alpha value is -1.50. The van der Waals surface area contributed by atoms with Crippen molar-refractivity contribution in [3.63, 3.8) is 0 Å². The Kier molecular flexibility index (Phi) is 3.58. The molecule has 0 radical (unpaired) electrons. The zero-order valence-corrected chi connectivity index (χ0v) is 12.7. The number of aliphatic carboxylic acids is 1. The van der Waals surface area contributed by atoms with E-state index in [2.05, 4.69) is 5.32 Å². The summed E-state index contributed by atoms with van der Waals surface area (Å²) in [6.45, 7) is 6.99. The molecule has 6 nitrogen and oxygen atoms in total. The standard InChI is InChI=1S/C13H18N2O4S/c1-6-5-20-10-7(14-12(19)13(2,3)4)9(16)15(10)8(6)11(17)18/h5,7-8,10H,1-4H3,(H,14,19)(H,17,18)/t7-,8?,10-/m1/s1. The molecule has 2 aliphatic rings. The van der Waals surface area contributed by atoms with Gasteiger partial charge in [-0.3, -0.25) is 9.59 Å². The highest BCUT2D eigenvalue weighted by Crippen LogP contribution is 2.40. The molecular weight excluding hydrogens is 280 g/mol. The molecule has 0 aromatic carbocycles. The van der Waals surface area contributed by atoms with Gasteiger partial charge in [0, 0.05) is 5.41 Å². The molecule has 2 N–H and O–H groups in total. The molecule has 1 unspecified atom stereocenters. The maximum absolute atomic E-state index is 12.1. The lowest BCUT2D eigenvalue weighted by molar-refractivity contribution is -0.160. The van der Waals surface area contributed by atoms with Crippen molar-refractivity contribution in [2.24, 2.45) is 5.41 Å². The van der Waals surface area contributed by atoms with Gasteiger partial charge in [-0.15, -0.1) is 11.8 Å². The smallest absolute Gasteiger partial charge is 0.330 e. The maximum Gasteiger partial charge on any atom is 0.330 e. The average Bonchev–Trinajstić information content (AvgIpc) is 2.33. The Balaban J connectivity index is 2.15. The maximum atomic E-state index is 12.1. The van der Waals surface area contributed by atoms with Gasteiger partial charge in [-0.25, -0.2) is 4.79 Å². The molecule has 1 saturated heterocycles. The fourth-order valence-corrected chi connectivity index (χ4v) is 3.35. The highest BCUT2D eigenvalue weighted by atomic mass is 32.2. The summed E-state index contributed by atoms with van der Waals surface area (Å²) in [4.78, 5) is 36.7. The summed E-state index contributed by atoms with van der Waals surface area (Å²) in [5.74, 6) is -1.59. The van der Waals surface area contributed by atoms with E-state index in [9.17, 15) is 19.5 Å². The second-order valence-corrected chi connectivity index (χ2v) is 7.07. The highest BCUT2D eigenvalue weighted by Gasteiger charge is 2.55. The largest absolute Gasteiger partial charge is 0.479 e. The molecule has 0 aromatic heterocycles. The van der Waals surface area contributed by atoms with Crippen molar-refractivity contribution in [1.82, 2.24) is 10.2 Å². The van der Waals surface area contributed by atoms with Crippen molar-refractivity contribution < 1.29 is 19.5 Å². The number of thioether (sulfide) groups is 1. The van der Waals surface area contributed by atoms with Crippen molar-refractivity contribution in [2.75, 3.05) is 0 Å². The van der Waals surface area contributed by atoms with E-state index < -0.39 is 23.5 Å². The number of nitrogens with zero attached hydrogens (tertiary/aromatic N) is 1. The Bertz CT molecular complexity index is 509. The minimum atomic E-state index is -1.04. The van der Waals surface area contributed by atoms with E-state index in [1.54, 1.807) is 33.1 Å². The van der Waals surface area contributed by atoms with Crippen LogP contribution in [0.4, 0.5) is 0 Å². The summed E-state index contributed by atoms with van der Waals surface area (Å²) in [5.41, 5.74) is 0.0468. The van der Waals surface area contributed by atoms with E-state index in [1.807, 2.05) is 0 Å². The Morgan fingerprint density at radius 1 is 1.40 bits per heavy atom. The lowest BCUT2D eigenvalue weighted by Crippen LogP contribution is -2.74. The first-order valence-corrected chi connectivity index (χ1v) is 7.27. The van der Waals surface area contributed by atoms with Crippen LogP contribution in [0.3, 0.4) is 0 Å². The fraction of sp³-hybridized carbons (Fsp3) is 0.615. The van der Waals surface area contributed by atoms with Crippen LogP contribution in [-0.2, 0) is 14.4 Å². The summed E-state index contributed by atoms with van der Waals surface area (Å²) in [6.07, 6.45) is 0. The number of β-lactam (4-membered cyclic amide) rings is 1. The molecule has 0 aliphatic carbocycles. The third kappa shape index (κ3) is 2.30. The number of carbonyl (C=O) groups is 3. The molecule has 2 heterocycles. The number of carboxylic acid groups (broad SMARTS) is 1. The van der Waals surface area contributed by atoms with Gasteiger partial charge < -0.3 is 15.3 Å². The number of amides is 2.